The standard InChI is InChI=1S/C12H24N2O3/c1-5-10(6-2)13-12(17)14(7-3)8-9(4)11(15)16/h9-10H,5-8H2,1-4H3,(H,13,17)(H,15,16). The third kappa shape index (κ3) is 5.56. The molecule has 0 aromatic heterocycles. The van der Waals surface area contributed by atoms with Gasteiger partial charge in [-0.3, -0.25) is 4.79 Å². The zero-order chi connectivity index (χ0) is 13.4. The molecule has 0 aromatic rings. The van der Waals surface area contributed by atoms with Gasteiger partial charge in [0.05, 0.1) is 5.92 Å². The second-order valence-corrected chi connectivity index (χ2v) is 4.24. The summed E-state index contributed by atoms with van der Waals surface area (Å²) in [5.74, 6) is -1.42. The molecule has 0 fully saturated rings. The summed E-state index contributed by atoms with van der Waals surface area (Å²) < 4.78 is 0. The zero-order valence-electron chi connectivity index (χ0n) is 11.2. The van der Waals surface area contributed by atoms with Crippen LogP contribution in [-0.4, -0.2) is 41.1 Å². The lowest BCUT2D eigenvalue weighted by Crippen LogP contribution is -2.46. The van der Waals surface area contributed by atoms with Gasteiger partial charge in [-0.1, -0.05) is 20.8 Å². The van der Waals surface area contributed by atoms with Crippen molar-refractivity contribution in [2.24, 2.45) is 5.92 Å². The average molecular weight is 244 g/mol. The van der Waals surface area contributed by atoms with Crippen molar-refractivity contribution in [1.29, 1.82) is 0 Å². The summed E-state index contributed by atoms with van der Waals surface area (Å²) in [6.45, 7) is 8.26. The molecule has 0 rings (SSSR count). The lowest BCUT2D eigenvalue weighted by molar-refractivity contribution is -0.141. The molecule has 100 valence electrons. The number of carboxylic acid groups (broad SMARTS) is 1. The summed E-state index contributed by atoms with van der Waals surface area (Å²) in [6.07, 6.45) is 1.77. The molecule has 0 bridgehead atoms. The molecule has 0 aromatic carbocycles. The van der Waals surface area contributed by atoms with Crippen LogP contribution in [0.4, 0.5) is 4.79 Å². The molecule has 1 unspecified atom stereocenters. The molecule has 0 aliphatic carbocycles. The van der Waals surface area contributed by atoms with Gasteiger partial charge in [-0.05, 0) is 19.8 Å². The Bertz CT molecular complexity index is 252. The van der Waals surface area contributed by atoms with Gasteiger partial charge >= 0.3 is 12.0 Å². The summed E-state index contributed by atoms with van der Waals surface area (Å²) in [5.41, 5.74) is 0. The van der Waals surface area contributed by atoms with E-state index < -0.39 is 11.9 Å². The predicted octanol–water partition coefficient (Wildman–Crippen LogP) is 1.93. The smallest absolute Gasteiger partial charge is 0.317 e. The minimum Gasteiger partial charge on any atom is -0.481 e. The molecule has 2 amide bonds. The van der Waals surface area contributed by atoms with E-state index in [0.717, 1.165) is 12.8 Å². The van der Waals surface area contributed by atoms with Gasteiger partial charge in [0.25, 0.3) is 0 Å². The molecule has 0 radical (unpaired) electrons. The van der Waals surface area contributed by atoms with E-state index in [2.05, 4.69) is 5.32 Å². The summed E-state index contributed by atoms with van der Waals surface area (Å²) in [4.78, 5) is 24.2. The molecule has 1 atom stereocenters. The van der Waals surface area contributed by atoms with Crippen molar-refractivity contribution in [1.82, 2.24) is 10.2 Å². The second-order valence-electron chi connectivity index (χ2n) is 4.24. The number of rotatable bonds is 7. The third-order valence-electron chi connectivity index (χ3n) is 2.90. The lowest BCUT2D eigenvalue weighted by Gasteiger charge is -2.25. The first-order valence-electron chi connectivity index (χ1n) is 6.24. The van der Waals surface area contributed by atoms with E-state index in [1.807, 2.05) is 20.8 Å². The van der Waals surface area contributed by atoms with E-state index >= 15 is 0 Å². The van der Waals surface area contributed by atoms with Crippen LogP contribution >= 0.6 is 0 Å². The van der Waals surface area contributed by atoms with Gasteiger partial charge in [0.15, 0.2) is 0 Å². The summed E-state index contributed by atoms with van der Waals surface area (Å²) in [7, 11) is 0. The van der Waals surface area contributed by atoms with E-state index in [1.54, 1.807) is 6.92 Å². The van der Waals surface area contributed by atoms with Gasteiger partial charge < -0.3 is 15.3 Å². The van der Waals surface area contributed by atoms with Crippen molar-refractivity contribution in [3.8, 4) is 0 Å². The van der Waals surface area contributed by atoms with E-state index in [0.29, 0.717) is 6.54 Å². The van der Waals surface area contributed by atoms with Gasteiger partial charge in [-0.15, -0.1) is 0 Å². The molecular weight excluding hydrogens is 220 g/mol. The SMILES string of the molecule is CCC(CC)NC(=O)N(CC)CC(C)C(=O)O. The van der Waals surface area contributed by atoms with Crippen LogP contribution in [0, 0.1) is 5.92 Å². The molecule has 0 saturated heterocycles. The van der Waals surface area contributed by atoms with Crippen LogP contribution in [0.5, 0.6) is 0 Å². The van der Waals surface area contributed by atoms with Crippen molar-refractivity contribution in [3.05, 3.63) is 0 Å². The number of nitrogens with one attached hydrogen (secondary N) is 1. The van der Waals surface area contributed by atoms with E-state index in [4.69, 9.17) is 5.11 Å². The Labute approximate surface area is 103 Å². The van der Waals surface area contributed by atoms with E-state index in [1.165, 1.54) is 4.90 Å². The highest BCUT2D eigenvalue weighted by Gasteiger charge is 2.20. The van der Waals surface area contributed by atoms with E-state index in [-0.39, 0.29) is 18.6 Å². The number of carbonyl (C=O) groups is 2. The number of aliphatic carboxylic acids is 1. The molecular formula is C12H24N2O3. The topological polar surface area (TPSA) is 69.6 Å². The Balaban J connectivity index is 4.35. The Hall–Kier alpha value is -1.26. The molecule has 0 spiro atoms. The largest absolute Gasteiger partial charge is 0.481 e. The van der Waals surface area contributed by atoms with E-state index in [9.17, 15) is 9.59 Å². The molecule has 0 saturated carbocycles. The van der Waals surface area contributed by atoms with Crippen LogP contribution in [0.25, 0.3) is 0 Å². The van der Waals surface area contributed by atoms with Crippen LogP contribution in [0.2, 0.25) is 0 Å². The number of nitrogens with zero attached hydrogens (tertiary/aromatic N) is 1. The molecule has 5 heteroatoms. The van der Waals surface area contributed by atoms with Gasteiger partial charge in [-0.25, -0.2) is 4.79 Å². The van der Waals surface area contributed by atoms with Gasteiger partial charge in [-0.2, -0.15) is 0 Å². The Morgan fingerprint density at radius 3 is 2.12 bits per heavy atom. The quantitative estimate of drug-likeness (QED) is 0.719. The highest BCUT2D eigenvalue weighted by Crippen LogP contribution is 2.03. The fraction of sp³-hybridized carbons (Fsp3) is 0.833. The van der Waals surface area contributed by atoms with Crippen LogP contribution < -0.4 is 5.32 Å². The summed E-state index contributed by atoms with van der Waals surface area (Å²) in [6, 6.07) is -0.00835. The van der Waals surface area contributed by atoms with Crippen molar-refractivity contribution < 1.29 is 14.7 Å². The normalized spacial score (nSPS) is 12.3. The summed E-state index contributed by atoms with van der Waals surface area (Å²) >= 11 is 0. The van der Waals surface area contributed by atoms with Crippen molar-refractivity contribution >= 4 is 12.0 Å². The van der Waals surface area contributed by atoms with Crippen molar-refractivity contribution in [2.45, 2.75) is 46.6 Å². The highest BCUT2D eigenvalue weighted by molar-refractivity contribution is 5.76. The number of urea groups is 1. The number of carbonyl (C=O) groups excluding carboxylic acids is 1. The number of carboxylic acids is 1. The third-order valence-corrected chi connectivity index (χ3v) is 2.90. The van der Waals surface area contributed by atoms with Crippen molar-refractivity contribution in [2.75, 3.05) is 13.1 Å². The summed E-state index contributed by atoms with van der Waals surface area (Å²) in [5, 5.41) is 11.7. The molecule has 0 aliphatic rings. The molecule has 2 N–H and O–H groups in total. The zero-order valence-corrected chi connectivity index (χ0v) is 11.2. The monoisotopic (exact) mass is 244 g/mol. The van der Waals surface area contributed by atoms with Crippen LogP contribution in [0.15, 0.2) is 0 Å². The molecule has 0 aliphatic heterocycles. The number of hydrogen-bond acceptors (Lipinski definition) is 2. The maximum atomic E-state index is 11.9. The number of hydrogen-bond donors (Lipinski definition) is 2. The highest BCUT2D eigenvalue weighted by atomic mass is 16.4. The average Bonchev–Trinajstić information content (AvgIpc) is 2.31. The lowest BCUT2D eigenvalue weighted by atomic mass is 10.1. The maximum absolute atomic E-state index is 11.9. The fourth-order valence-electron chi connectivity index (χ4n) is 1.52. The van der Waals surface area contributed by atoms with Crippen LogP contribution in [0.3, 0.4) is 0 Å². The predicted molar refractivity (Wildman–Crippen MR) is 66.9 cm³/mol. The van der Waals surface area contributed by atoms with Crippen LogP contribution in [-0.2, 0) is 4.79 Å². The first-order valence-corrected chi connectivity index (χ1v) is 6.24. The van der Waals surface area contributed by atoms with Crippen LogP contribution in [0.1, 0.15) is 40.5 Å². The molecule has 17 heavy (non-hydrogen) atoms. The van der Waals surface area contributed by atoms with Crippen molar-refractivity contribution in [3.63, 3.8) is 0 Å². The second kappa shape index (κ2) is 7.92. The van der Waals surface area contributed by atoms with Gasteiger partial charge in [0, 0.05) is 19.1 Å². The first kappa shape index (κ1) is 15.7. The minimum absolute atomic E-state index is 0.164. The Kier molecular flexibility index (Phi) is 7.34. The Morgan fingerprint density at radius 1 is 1.24 bits per heavy atom. The molecule has 0 heterocycles. The minimum atomic E-state index is -0.876. The van der Waals surface area contributed by atoms with Gasteiger partial charge in [0.2, 0.25) is 0 Å². The molecule has 5 nitrogen and oxygen atoms in total. The fourth-order valence-corrected chi connectivity index (χ4v) is 1.52. The number of amides is 2. The first-order chi connectivity index (χ1) is 7.96. The Morgan fingerprint density at radius 2 is 1.76 bits per heavy atom. The van der Waals surface area contributed by atoms with Gasteiger partial charge in [0.1, 0.15) is 0 Å². The maximum Gasteiger partial charge on any atom is 0.317 e.